The fraction of sp³-hybridized carbons (Fsp3) is 0.455. The highest BCUT2D eigenvalue weighted by Gasteiger charge is 2.37. The van der Waals surface area contributed by atoms with E-state index < -0.39 is 5.79 Å². The minimum atomic E-state index is -0.770. The van der Waals surface area contributed by atoms with Gasteiger partial charge in [-0.2, -0.15) is 0 Å². The van der Waals surface area contributed by atoms with Crippen LogP contribution in [0.3, 0.4) is 0 Å². The highest BCUT2D eigenvalue weighted by Crippen LogP contribution is 2.33. The molecule has 1 aliphatic rings. The molecule has 82 valence electrons. The number of halogens is 1. The van der Waals surface area contributed by atoms with Crippen LogP contribution in [-0.2, 0) is 15.3 Å². The zero-order valence-electron chi connectivity index (χ0n) is 8.53. The van der Waals surface area contributed by atoms with E-state index in [1.807, 2.05) is 24.3 Å². The van der Waals surface area contributed by atoms with E-state index in [-0.39, 0.29) is 0 Å². The molecule has 1 aromatic rings. The van der Waals surface area contributed by atoms with Gasteiger partial charge in [0.2, 0.25) is 5.79 Å². The van der Waals surface area contributed by atoms with Crippen molar-refractivity contribution in [3.05, 3.63) is 29.8 Å². The second-order valence-electron chi connectivity index (χ2n) is 3.31. The summed E-state index contributed by atoms with van der Waals surface area (Å²) in [7, 11) is 1.63. The predicted molar refractivity (Wildman–Crippen MR) is 57.3 cm³/mol. The van der Waals surface area contributed by atoms with Gasteiger partial charge < -0.3 is 14.2 Å². The molecule has 0 radical (unpaired) electrons. The van der Waals surface area contributed by atoms with Gasteiger partial charge in [0.1, 0.15) is 5.75 Å². The fourth-order valence-corrected chi connectivity index (χ4v) is 1.93. The molecule has 0 N–H and O–H groups in total. The van der Waals surface area contributed by atoms with Crippen molar-refractivity contribution in [2.45, 2.75) is 5.79 Å². The lowest BCUT2D eigenvalue weighted by Gasteiger charge is -2.25. The van der Waals surface area contributed by atoms with E-state index in [1.165, 1.54) is 0 Å². The third kappa shape index (κ3) is 1.95. The van der Waals surface area contributed by atoms with Crippen LogP contribution in [0.25, 0.3) is 0 Å². The van der Waals surface area contributed by atoms with Gasteiger partial charge >= 0.3 is 0 Å². The third-order valence-corrected chi connectivity index (χ3v) is 2.81. The molecule has 1 fully saturated rings. The molecular weight excluding hydrogens is 216 g/mol. The molecule has 2 rings (SSSR count). The lowest BCUT2D eigenvalue weighted by molar-refractivity contribution is -0.146. The van der Waals surface area contributed by atoms with Gasteiger partial charge in [-0.1, -0.05) is 0 Å². The van der Waals surface area contributed by atoms with Crippen molar-refractivity contribution in [3.63, 3.8) is 0 Å². The lowest BCUT2D eigenvalue weighted by atomic mass is 10.1. The Bertz CT molecular complexity index is 317. The minimum Gasteiger partial charge on any atom is -0.497 e. The topological polar surface area (TPSA) is 27.7 Å². The van der Waals surface area contributed by atoms with Crippen molar-refractivity contribution in [1.82, 2.24) is 0 Å². The third-order valence-electron chi connectivity index (χ3n) is 2.46. The maximum Gasteiger partial charge on any atom is 0.208 e. The van der Waals surface area contributed by atoms with Crippen LogP contribution in [0.15, 0.2) is 24.3 Å². The summed E-state index contributed by atoms with van der Waals surface area (Å²) in [4.78, 5) is 0. The maximum absolute atomic E-state index is 5.89. The van der Waals surface area contributed by atoms with Gasteiger partial charge in [-0.25, -0.2) is 0 Å². The highest BCUT2D eigenvalue weighted by molar-refractivity contribution is 6.18. The Morgan fingerprint density at radius 2 is 1.87 bits per heavy atom. The van der Waals surface area contributed by atoms with Crippen LogP contribution < -0.4 is 4.74 Å². The molecule has 0 amide bonds. The Hall–Kier alpha value is -0.770. The summed E-state index contributed by atoms with van der Waals surface area (Å²) < 4.78 is 16.2. The Morgan fingerprint density at radius 1 is 1.27 bits per heavy atom. The number of rotatable bonds is 3. The molecule has 15 heavy (non-hydrogen) atoms. The summed E-state index contributed by atoms with van der Waals surface area (Å²) in [6.45, 7) is 1.16. The van der Waals surface area contributed by atoms with Crippen molar-refractivity contribution >= 4 is 11.6 Å². The number of hydrogen-bond donors (Lipinski definition) is 0. The Labute approximate surface area is 93.9 Å². The van der Waals surface area contributed by atoms with E-state index in [0.717, 1.165) is 11.3 Å². The molecule has 1 heterocycles. The highest BCUT2D eigenvalue weighted by atomic mass is 35.5. The quantitative estimate of drug-likeness (QED) is 0.742. The lowest BCUT2D eigenvalue weighted by Crippen LogP contribution is -2.29. The summed E-state index contributed by atoms with van der Waals surface area (Å²) in [5, 5.41) is 0. The summed E-state index contributed by atoms with van der Waals surface area (Å²) in [6, 6.07) is 7.56. The molecule has 1 aliphatic heterocycles. The largest absolute Gasteiger partial charge is 0.497 e. The van der Waals surface area contributed by atoms with E-state index in [2.05, 4.69) is 0 Å². The summed E-state index contributed by atoms with van der Waals surface area (Å²) in [5.41, 5.74) is 0.927. The average Bonchev–Trinajstić information content (AvgIpc) is 2.79. The minimum absolute atomic E-state index is 0.291. The first-order valence-electron chi connectivity index (χ1n) is 4.79. The molecule has 0 saturated carbocycles. The standard InChI is InChI=1S/C11H13ClO3/c1-13-10-4-2-9(3-5-10)11(8-12)14-6-7-15-11/h2-5H,6-8H2,1H3. The summed E-state index contributed by atoms with van der Waals surface area (Å²) in [5.74, 6) is 0.328. The van der Waals surface area contributed by atoms with Crippen molar-refractivity contribution in [2.24, 2.45) is 0 Å². The zero-order valence-corrected chi connectivity index (χ0v) is 9.29. The fourth-order valence-electron chi connectivity index (χ4n) is 1.62. The Kier molecular flexibility index (Phi) is 3.14. The van der Waals surface area contributed by atoms with Crippen molar-refractivity contribution in [3.8, 4) is 5.75 Å². The van der Waals surface area contributed by atoms with Gasteiger partial charge in [0, 0.05) is 5.56 Å². The van der Waals surface area contributed by atoms with Crippen LogP contribution in [0.1, 0.15) is 5.56 Å². The second kappa shape index (κ2) is 4.39. The van der Waals surface area contributed by atoms with Crippen LogP contribution >= 0.6 is 11.6 Å². The molecular formula is C11H13ClO3. The molecule has 1 aromatic carbocycles. The van der Waals surface area contributed by atoms with E-state index in [0.29, 0.717) is 19.1 Å². The van der Waals surface area contributed by atoms with Gasteiger partial charge in [-0.15, -0.1) is 11.6 Å². The first kappa shape index (κ1) is 10.7. The number of benzene rings is 1. The van der Waals surface area contributed by atoms with Crippen molar-refractivity contribution < 1.29 is 14.2 Å². The van der Waals surface area contributed by atoms with Crippen LogP contribution in [0.4, 0.5) is 0 Å². The average molecular weight is 229 g/mol. The van der Waals surface area contributed by atoms with Crippen LogP contribution in [0.2, 0.25) is 0 Å². The zero-order chi connectivity index (χ0) is 10.7. The van der Waals surface area contributed by atoms with Crippen LogP contribution in [0.5, 0.6) is 5.75 Å². The molecule has 0 bridgehead atoms. The first-order valence-corrected chi connectivity index (χ1v) is 5.32. The van der Waals surface area contributed by atoms with E-state index in [4.69, 9.17) is 25.8 Å². The van der Waals surface area contributed by atoms with E-state index >= 15 is 0 Å². The van der Waals surface area contributed by atoms with Crippen molar-refractivity contribution in [2.75, 3.05) is 26.2 Å². The molecule has 1 saturated heterocycles. The van der Waals surface area contributed by atoms with Crippen molar-refractivity contribution in [1.29, 1.82) is 0 Å². The van der Waals surface area contributed by atoms with Crippen LogP contribution in [0, 0.1) is 0 Å². The second-order valence-corrected chi connectivity index (χ2v) is 3.58. The van der Waals surface area contributed by atoms with E-state index in [9.17, 15) is 0 Å². The molecule has 0 spiro atoms. The summed E-state index contributed by atoms with van der Waals surface area (Å²) >= 11 is 5.89. The molecule has 0 aliphatic carbocycles. The normalized spacial score (nSPS) is 19.1. The number of alkyl halides is 1. The molecule has 0 atom stereocenters. The Morgan fingerprint density at radius 3 is 2.33 bits per heavy atom. The molecule has 0 unspecified atom stereocenters. The van der Waals surface area contributed by atoms with E-state index in [1.54, 1.807) is 7.11 Å². The maximum atomic E-state index is 5.89. The van der Waals surface area contributed by atoms with Gasteiger partial charge in [0.05, 0.1) is 26.2 Å². The first-order chi connectivity index (χ1) is 7.30. The number of ether oxygens (including phenoxy) is 3. The Balaban J connectivity index is 2.26. The van der Waals surface area contributed by atoms with Gasteiger partial charge in [-0.05, 0) is 24.3 Å². The molecule has 3 nitrogen and oxygen atoms in total. The number of methoxy groups -OCH3 is 1. The predicted octanol–water partition coefficient (Wildman–Crippen LogP) is 2.13. The van der Waals surface area contributed by atoms with Crippen LogP contribution in [-0.4, -0.2) is 26.2 Å². The SMILES string of the molecule is COc1ccc(C2(CCl)OCCO2)cc1. The molecule has 4 heteroatoms. The summed E-state index contributed by atoms with van der Waals surface area (Å²) in [6.07, 6.45) is 0. The molecule has 0 aromatic heterocycles. The smallest absolute Gasteiger partial charge is 0.208 e. The monoisotopic (exact) mass is 228 g/mol. The van der Waals surface area contributed by atoms with Gasteiger partial charge in [-0.3, -0.25) is 0 Å². The number of hydrogen-bond acceptors (Lipinski definition) is 3. The van der Waals surface area contributed by atoms with Gasteiger partial charge in [0.15, 0.2) is 0 Å². The van der Waals surface area contributed by atoms with Gasteiger partial charge in [0.25, 0.3) is 0 Å².